The summed E-state index contributed by atoms with van der Waals surface area (Å²) in [6.07, 6.45) is 3.03. The molecule has 1 aliphatic rings. The van der Waals surface area contributed by atoms with Crippen LogP contribution in [0.5, 0.6) is 0 Å². The molecule has 0 bridgehead atoms. The van der Waals surface area contributed by atoms with Gasteiger partial charge in [0, 0.05) is 5.54 Å². The molecule has 1 rings (SSSR count). The van der Waals surface area contributed by atoms with Crippen LogP contribution in [0.25, 0.3) is 0 Å². The molecule has 0 radical (unpaired) electrons. The largest absolute Gasteiger partial charge is 0.444 e. The van der Waals surface area contributed by atoms with Crippen molar-refractivity contribution in [2.24, 2.45) is 0 Å². The summed E-state index contributed by atoms with van der Waals surface area (Å²) in [7, 11) is 0. The number of amides is 1. The number of carbonyl (C=O) groups excluding carboxylic acids is 1. The van der Waals surface area contributed by atoms with Crippen molar-refractivity contribution < 1.29 is 9.53 Å². The third-order valence-electron chi connectivity index (χ3n) is 2.26. The molecule has 1 amide bonds. The summed E-state index contributed by atoms with van der Waals surface area (Å²) in [5, 5.41) is 2.89. The van der Waals surface area contributed by atoms with Crippen LogP contribution < -0.4 is 5.32 Å². The Balaban J connectivity index is 2.33. The molecule has 3 nitrogen and oxygen atoms in total. The molecule has 76 valence electrons. The van der Waals surface area contributed by atoms with Gasteiger partial charge in [-0.2, -0.15) is 0 Å². The van der Waals surface area contributed by atoms with E-state index in [0.29, 0.717) is 0 Å². The molecule has 0 spiro atoms. The third-order valence-corrected chi connectivity index (χ3v) is 2.26. The highest BCUT2D eigenvalue weighted by Crippen LogP contribution is 2.31. The summed E-state index contributed by atoms with van der Waals surface area (Å²) in [4.78, 5) is 11.3. The number of alkyl carbamates (subject to hydrolysis) is 1. The Labute approximate surface area is 79.8 Å². The second-order valence-corrected chi connectivity index (χ2v) is 5.04. The molecule has 0 aromatic carbocycles. The van der Waals surface area contributed by atoms with E-state index in [0.717, 1.165) is 12.8 Å². The van der Waals surface area contributed by atoms with E-state index >= 15 is 0 Å². The summed E-state index contributed by atoms with van der Waals surface area (Å²) in [5.41, 5.74) is -0.410. The molecule has 3 heteroatoms. The minimum atomic E-state index is -0.399. The molecule has 1 fully saturated rings. The van der Waals surface area contributed by atoms with Crippen LogP contribution in [-0.4, -0.2) is 17.2 Å². The van der Waals surface area contributed by atoms with E-state index in [-0.39, 0.29) is 11.6 Å². The van der Waals surface area contributed by atoms with Gasteiger partial charge in [0.2, 0.25) is 0 Å². The van der Waals surface area contributed by atoms with E-state index < -0.39 is 5.60 Å². The lowest BCUT2D eigenvalue weighted by Crippen LogP contribution is -2.52. The first-order valence-corrected chi connectivity index (χ1v) is 4.82. The first-order valence-electron chi connectivity index (χ1n) is 4.82. The van der Waals surface area contributed by atoms with Crippen LogP contribution in [-0.2, 0) is 4.74 Å². The third kappa shape index (κ3) is 3.25. The van der Waals surface area contributed by atoms with Crippen molar-refractivity contribution in [2.45, 2.75) is 58.1 Å². The van der Waals surface area contributed by atoms with Gasteiger partial charge in [0.05, 0.1) is 0 Å². The van der Waals surface area contributed by atoms with E-state index in [2.05, 4.69) is 12.2 Å². The zero-order valence-corrected chi connectivity index (χ0v) is 8.94. The number of carbonyl (C=O) groups is 1. The van der Waals surface area contributed by atoms with Crippen molar-refractivity contribution in [3.63, 3.8) is 0 Å². The lowest BCUT2D eigenvalue weighted by molar-refractivity contribution is 0.0405. The molecule has 0 saturated heterocycles. The minimum absolute atomic E-state index is 0.0116. The predicted molar refractivity (Wildman–Crippen MR) is 51.6 cm³/mol. The van der Waals surface area contributed by atoms with Gasteiger partial charge in [-0.25, -0.2) is 4.79 Å². The fourth-order valence-electron chi connectivity index (χ4n) is 1.38. The summed E-state index contributed by atoms with van der Waals surface area (Å²) >= 11 is 0. The van der Waals surface area contributed by atoms with Gasteiger partial charge in [0.15, 0.2) is 0 Å². The fourth-order valence-corrected chi connectivity index (χ4v) is 1.38. The maximum absolute atomic E-state index is 11.3. The van der Waals surface area contributed by atoms with Gasteiger partial charge < -0.3 is 10.1 Å². The van der Waals surface area contributed by atoms with E-state index in [1.807, 2.05) is 20.8 Å². The molecule has 0 unspecified atom stereocenters. The van der Waals surface area contributed by atoms with Crippen molar-refractivity contribution >= 4 is 6.09 Å². The molecule has 13 heavy (non-hydrogen) atoms. The maximum Gasteiger partial charge on any atom is 0.408 e. The lowest BCUT2D eigenvalue weighted by atomic mass is 9.79. The Bertz CT molecular complexity index is 201. The number of hydrogen-bond acceptors (Lipinski definition) is 2. The van der Waals surface area contributed by atoms with Gasteiger partial charge in [-0.05, 0) is 47.0 Å². The van der Waals surface area contributed by atoms with Crippen LogP contribution in [0, 0.1) is 0 Å². The zero-order valence-electron chi connectivity index (χ0n) is 8.94. The van der Waals surface area contributed by atoms with Crippen molar-refractivity contribution in [1.82, 2.24) is 5.32 Å². The number of nitrogens with one attached hydrogen (secondary N) is 1. The molecular formula is C10H19NO2. The fraction of sp³-hybridized carbons (Fsp3) is 0.900. The second kappa shape index (κ2) is 3.20. The predicted octanol–water partition coefficient (Wildman–Crippen LogP) is 2.45. The van der Waals surface area contributed by atoms with Crippen molar-refractivity contribution in [3.8, 4) is 0 Å². The van der Waals surface area contributed by atoms with Crippen LogP contribution in [0.15, 0.2) is 0 Å². The van der Waals surface area contributed by atoms with Crippen LogP contribution in [0.3, 0.4) is 0 Å². The smallest absolute Gasteiger partial charge is 0.408 e. The summed E-state index contributed by atoms with van der Waals surface area (Å²) < 4.78 is 5.16. The number of rotatable bonds is 1. The van der Waals surface area contributed by atoms with E-state index in [4.69, 9.17) is 4.74 Å². The first-order chi connectivity index (χ1) is 5.81. The summed E-state index contributed by atoms with van der Waals surface area (Å²) in [6, 6.07) is 0. The Hall–Kier alpha value is -0.730. The normalized spacial score (nSPS) is 20.3. The zero-order chi connectivity index (χ0) is 10.1. The number of ether oxygens (including phenoxy) is 1. The Morgan fingerprint density at radius 1 is 1.38 bits per heavy atom. The quantitative estimate of drug-likeness (QED) is 0.681. The second-order valence-electron chi connectivity index (χ2n) is 5.04. The highest BCUT2D eigenvalue weighted by molar-refractivity contribution is 5.68. The van der Waals surface area contributed by atoms with Gasteiger partial charge in [0.25, 0.3) is 0 Å². The molecule has 0 atom stereocenters. The summed E-state index contributed by atoms with van der Waals surface area (Å²) in [6.45, 7) is 7.67. The summed E-state index contributed by atoms with van der Waals surface area (Å²) in [5.74, 6) is 0. The average Bonchev–Trinajstić information content (AvgIpc) is 1.79. The average molecular weight is 185 g/mol. The van der Waals surface area contributed by atoms with Crippen LogP contribution in [0.2, 0.25) is 0 Å². The SMILES string of the molecule is CC1(NC(=O)OC(C)(C)C)CCC1. The molecule has 1 saturated carbocycles. The van der Waals surface area contributed by atoms with Gasteiger partial charge in [-0.15, -0.1) is 0 Å². The van der Waals surface area contributed by atoms with E-state index in [1.54, 1.807) is 0 Å². The van der Waals surface area contributed by atoms with E-state index in [9.17, 15) is 4.79 Å². The Kier molecular flexibility index (Phi) is 2.55. The Morgan fingerprint density at radius 3 is 2.23 bits per heavy atom. The first kappa shape index (κ1) is 10.4. The molecule has 0 heterocycles. The van der Waals surface area contributed by atoms with Gasteiger partial charge >= 0.3 is 6.09 Å². The molecule has 0 aliphatic heterocycles. The van der Waals surface area contributed by atoms with Crippen LogP contribution in [0.4, 0.5) is 4.79 Å². The van der Waals surface area contributed by atoms with E-state index in [1.165, 1.54) is 6.42 Å². The maximum atomic E-state index is 11.3. The molecule has 1 N–H and O–H groups in total. The highest BCUT2D eigenvalue weighted by Gasteiger charge is 2.34. The van der Waals surface area contributed by atoms with Crippen LogP contribution >= 0.6 is 0 Å². The van der Waals surface area contributed by atoms with Crippen molar-refractivity contribution in [1.29, 1.82) is 0 Å². The van der Waals surface area contributed by atoms with Gasteiger partial charge in [-0.3, -0.25) is 0 Å². The standard InChI is InChI=1S/C10H19NO2/c1-9(2,3)13-8(12)11-10(4)6-5-7-10/h5-7H2,1-4H3,(H,11,12). The molecule has 1 aliphatic carbocycles. The van der Waals surface area contributed by atoms with Crippen molar-refractivity contribution in [2.75, 3.05) is 0 Å². The van der Waals surface area contributed by atoms with Gasteiger partial charge in [-0.1, -0.05) is 0 Å². The lowest BCUT2D eigenvalue weighted by Gasteiger charge is -2.39. The Morgan fingerprint density at radius 2 is 1.92 bits per heavy atom. The molecule has 0 aromatic rings. The van der Waals surface area contributed by atoms with Crippen molar-refractivity contribution in [3.05, 3.63) is 0 Å². The monoisotopic (exact) mass is 185 g/mol. The molecule has 0 aromatic heterocycles. The topological polar surface area (TPSA) is 38.3 Å². The van der Waals surface area contributed by atoms with Crippen LogP contribution in [0.1, 0.15) is 47.0 Å². The minimum Gasteiger partial charge on any atom is -0.444 e. The highest BCUT2D eigenvalue weighted by atomic mass is 16.6. The number of hydrogen-bond donors (Lipinski definition) is 1. The van der Waals surface area contributed by atoms with Gasteiger partial charge in [0.1, 0.15) is 5.60 Å². The molecular weight excluding hydrogens is 166 g/mol.